The third kappa shape index (κ3) is 2.85. The minimum absolute atomic E-state index is 0.0130. The first kappa shape index (κ1) is 13.5. The highest BCUT2D eigenvalue weighted by Gasteiger charge is 2.28. The number of hydrogen-bond acceptors (Lipinski definition) is 5. The lowest BCUT2D eigenvalue weighted by Crippen LogP contribution is -2.47. The van der Waals surface area contributed by atoms with Crippen molar-refractivity contribution in [1.82, 2.24) is 20.8 Å². The molecule has 3 atom stereocenters. The summed E-state index contributed by atoms with van der Waals surface area (Å²) in [4.78, 5) is 15.7. The smallest absolute Gasteiger partial charge is 0.245 e. The van der Waals surface area contributed by atoms with Gasteiger partial charge in [0.2, 0.25) is 11.8 Å². The summed E-state index contributed by atoms with van der Waals surface area (Å²) in [6, 6.07) is -0.0560. The van der Waals surface area contributed by atoms with E-state index < -0.39 is 0 Å². The molecule has 3 unspecified atom stereocenters. The number of piperazine rings is 1. The fourth-order valence-electron chi connectivity index (χ4n) is 3.19. The van der Waals surface area contributed by atoms with E-state index in [9.17, 15) is 4.79 Å². The molecule has 1 aromatic heterocycles. The normalized spacial score (nSPS) is 31.1. The minimum atomic E-state index is -0.0560. The van der Waals surface area contributed by atoms with E-state index in [0.717, 1.165) is 18.2 Å². The van der Waals surface area contributed by atoms with Crippen molar-refractivity contribution in [3.8, 4) is 0 Å². The number of hydrogen-bond donors (Lipinski definition) is 2. The number of carbonyl (C=O) groups excluding carboxylic acids is 1. The Labute approximate surface area is 118 Å². The molecule has 2 fully saturated rings. The number of nitrogens with one attached hydrogen (secondary N) is 2. The van der Waals surface area contributed by atoms with Gasteiger partial charge in [0.1, 0.15) is 6.04 Å². The number of carbonyl (C=O) groups is 1. The molecule has 2 N–H and O–H groups in total. The maximum absolute atomic E-state index is 11.1. The maximum atomic E-state index is 11.1. The highest BCUT2D eigenvalue weighted by Crippen LogP contribution is 2.36. The molecule has 6 heteroatoms. The fourth-order valence-corrected chi connectivity index (χ4v) is 3.19. The van der Waals surface area contributed by atoms with Crippen molar-refractivity contribution in [1.29, 1.82) is 0 Å². The van der Waals surface area contributed by atoms with E-state index in [4.69, 9.17) is 4.52 Å². The van der Waals surface area contributed by atoms with Gasteiger partial charge < -0.3 is 9.84 Å². The molecule has 0 radical (unpaired) electrons. The molecule has 1 aliphatic carbocycles. The summed E-state index contributed by atoms with van der Waals surface area (Å²) in [6.07, 6.45) is 6.14. The van der Waals surface area contributed by atoms with Gasteiger partial charge in [-0.05, 0) is 18.8 Å². The summed E-state index contributed by atoms with van der Waals surface area (Å²) >= 11 is 0. The summed E-state index contributed by atoms with van der Waals surface area (Å²) in [5, 5.41) is 10.1. The molecule has 1 aromatic rings. The Bertz CT molecular complexity index is 463. The Balaban J connectivity index is 1.65. The first-order chi connectivity index (χ1) is 9.76. The zero-order valence-corrected chi connectivity index (χ0v) is 11.9. The monoisotopic (exact) mass is 278 g/mol. The molecule has 3 rings (SSSR count). The molecule has 0 spiro atoms. The zero-order chi connectivity index (χ0) is 13.9. The Morgan fingerprint density at radius 3 is 3.05 bits per heavy atom. The predicted molar refractivity (Wildman–Crippen MR) is 73.0 cm³/mol. The third-order valence-electron chi connectivity index (χ3n) is 4.49. The molecule has 110 valence electrons. The van der Waals surface area contributed by atoms with Crippen LogP contribution in [0.4, 0.5) is 0 Å². The molecule has 0 bridgehead atoms. The minimum Gasteiger partial charge on any atom is -0.353 e. The van der Waals surface area contributed by atoms with Crippen LogP contribution in [0.2, 0.25) is 0 Å². The van der Waals surface area contributed by atoms with Gasteiger partial charge in [0.15, 0.2) is 5.82 Å². The van der Waals surface area contributed by atoms with Crippen molar-refractivity contribution >= 4 is 5.91 Å². The second-order valence-corrected chi connectivity index (χ2v) is 5.87. The largest absolute Gasteiger partial charge is 0.353 e. The standard InChI is InChI=1S/C14H22N4O2/c1-2-9-4-3-5-10(6-9)13-17-14(20-18-13)11-7-16-12(19)8-15-11/h9-11,15H,2-8H2,1H3,(H,16,19). The van der Waals surface area contributed by atoms with Crippen molar-refractivity contribution in [2.24, 2.45) is 5.92 Å². The molecule has 1 saturated heterocycles. The van der Waals surface area contributed by atoms with Gasteiger partial charge in [0.05, 0.1) is 6.54 Å². The van der Waals surface area contributed by atoms with E-state index in [0.29, 0.717) is 24.9 Å². The summed E-state index contributed by atoms with van der Waals surface area (Å²) in [5.74, 6) is 2.68. The van der Waals surface area contributed by atoms with E-state index in [1.165, 1.54) is 25.7 Å². The van der Waals surface area contributed by atoms with Crippen LogP contribution in [0.1, 0.15) is 62.7 Å². The van der Waals surface area contributed by atoms with Crippen molar-refractivity contribution in [3.05, 3.63) is 11.7 Å². The van der Waals surface area contributed by atoms with Crippen LogP contribution < -0.4 is 10.6 Å². The summed E-state index contributed by atoms with van der Waals surface area (Å²) in [6.45, 7) is 3.08. The summed E-state index contributed by atoms with van der Waals surface area (Å²) in [7, 11) is 0. The number of aromatic nitrogens is 2. The SMILES string of the molecule is CCC1CCCC(c2noc(C3CNC(=O)CN3)n2)C1. The van der Waals surface area contributed by atoms with Gasteiger partial charge in [-0.3, -0.25) is 10.1 Å². The maximum Gasteiger partial charge on any atom is 0.245 e. The lowest BCUT2D eigenvalue weighted by molar-refractivity contribution is -0.121. The van der Waals surface area contributed by atoms with Crippen LogP contribution in [0.3, 0.4) is 0 Å². The molecular weight excluding hydrogens is 256 g/mol. The predicted octanol–water partition coefficient (Wildman–Crippen LogP) is 1.51. The van der Waals surface area contributed by atoms with E-state index in [1.54, 1.807) is 0 Å². The van der Waals surface area contributed by atoms with Crippen LogP contribution in [0.25, 0.3) is 0 Å². The van der Waals surface area contributed by atoms with Crippen molar-refractivity contribution < 1.29 is 9.32 Å². The topological polar surface area (TPSA) is 80.0 Å². The number of nitrogens with zero attached hydrogens (tertiary/aromatic N) is 2. The molecule has 6 nitrogen and oxygen atoms in total. The Morgan fingerprint density at radius 1 is 1.40 bits per heavy atom. The fraction of sp³-hybridized carbons (Fsp3) is 0.786. The molecule has 1 amide bonds. The first-order valence-corrected chi connectivity index (χ1v) is 7.59. The highest BCUT2D eigenvalue weighted by atomic mass is 16.5. The van der Waals surface area contributed by atoms with Gasteiger partial charge in [0, 0.05) is 12.5 Å². The Morgan fingerprint density at radius 2 is 2.30 bits per heavy atom. The van der Waals surface area contributed by atoms with Crippen LogP contribution >= 0.6 is 0 Å². The van der Waals surface area contributed by atoms with Crippen LogP contribution in [-0.2, 0) is 4.79 Å². The van der Waals surface area contributed by atoms with Crippen LogP contribution in [0, 0.1) is 5.92 Å². The zero-order valence-electron chi connectivity index (χ0n) is 11.9. The lowest BCUT2D eigenvalue weighted by Gasteiger charge is -2.26. The van der Waals surface area contributed by atoms with Gasteiger partial charge in [-0.15, -0.1) is 0 Å². The van der Waals surface area contributed by atoms with Crippen LogP contribution in [0.15, 0.2) is 4.52 Å². The Kier molecular flexibility index (Phi) is 4.00. The average molecular weight is 278 g/mol. The summed E-state index contributed by atoms with van der Waals surface area (Å²) in [5.41, 5.74) is 0. The van der Waals surface area contributed by atoms with Gasteiger partial charge in [-0.1, -0.05) is 31.3 Å². The Hall–Kier alpha value is -1.43. The third-order valence-corrected chi connectivity index (χ3v) is 4.49. The van der Waals surface area contributed by atoms with Crippen molar-refractivity contribution in [2.75, 3.05) is 13.1 Å². The van der Waals surface area contributed by atoms with Gasteiger partial charge in [0.25, 0.3) is 0 Å². The number of rotatable bonds is 3. The van der Waals surface area contributed by atoms with Crippen molar-refractivity contribution in [3.63, 3.8) is 0 Å². The molecule has 2 aliphatic rings. The molecular formula is C14H22N4O2. The molecule has 2 heterocycles. The lowest BCUT2D eigenvalue weighted by atomic mass is 9.80. The van der Waals surface area contributed by atoms with Crippen LogP contribution in [-0.4, -0.2) is 29.1 Å². The van der Waals surface area contributed by atoms with E-state index in [2.05, 4.69) is 27.7 Å². The molecule has 0 aromatic carbocycles. The van der Waals surface area contributed by atoms with E-state index >= 15 is 0 Å². The van der Waals surface area contributed by atoms with Crippen LogP contribution in [0.5, 0.6) is 0 Å². The van der Waals surface area contributed by atoms with E-state index in [-0.39, 0.29) is 11.9 Å². The molecule has 1 aliphatic heterocycles. The van der Waals surface area contributed by atoms with Gasteiger partial charge >= 0.3 is 0 Å². The second kappa shape index (κ2) is 5.91. The first-order valence-electron chi connectivity index (χ1n) is 7.59. The number of amides is 1. The molecule has 20 heavy (non-hydrogen) atoms. The second-order valence-electron chi connectivity index (χ2n) is 5.87. The quantitative estimate of drug-likeness (QED) is 0.876. The summed E-state index contributed by atoms with van der Waals surface area (Å²) < 4.78 is 5.39. The molecule has 1 saturated carbocycles. The highest BCUT2D eigenvalue weighted by molar-refractivity contribution is 5.78. The average Bonchev–Trinajstić information content (AvgIpc) is 2.98. The van der Waals surface area contributed by atoms with E-state index in [1.807, 2.05) is 0 Å². The van der Waals surface area contributed by atoms with Gasteiger partial charge in [-0.2, -0.15) is 4.98 Å². The van der Waals surface area contributed by atoms with Crippen molar-refractivity contribution in [2.45, 2.75) is 51.0 Å². The van der Waals surface area contributed by atoms with Gasteiger partial charge in [-0.25, -0.2) is 0 Å².